The zero-order valence-electron chi connectivity index (χ0n) is 13.2. The number of ether oxygens (including phenoxy) is 2. The van der Waals surface area contributed by atoms with Gasteiger partial charge in [0.25, 0.3) is 0 Å². The van der Waals surface area contributed by atoms with Crippen molar-refractivity contribution < 1.29 is 19.1 Å². The summed E-state index contributed by atoms with van der Waals surface area (Å²) in [6, 6.07) is 4.91. The highest BCUT2D eigenvalue weighted by molar-refractivity contribution is 6.37. The molecule has 1 aliphatic rings. The van der Waals surface area contributed by atoms with Crippen LogP contribution < -0.4 is 0 Å². The predicted octanol–water partition coefficient (Wildman–Crippen LogP) is 4.28. The van der Waals surface area contributed by atoms with Crippen LogP contribution in [0.5, 0.6) is 0 Å². The van der Waals surface area contributed by atoms with Crippen LogP contribution in [0, 0.1) is 5.41 Å². The number of carbonyl (C=O) groups excluding carboxylic acids is 2. The number of cyclic esters (lactones) is 1. The van der Waals surface area contributed by atoms with Crippen LogP contribution in [-0.2, 0) is 19.1 Å². The van der Waals surface area contributed by atoms with Crippen molar-refractivity contribution in [1.29, 1.82) is 0 Å². The van der Waals surface area contributed by atoms with E-state index in [1.165, 1.54) is 0 Å². The molecule has 0 saturated carbocycles. The number of hydrogen-bond acceptors (Lipinski definition) is 4. The van der Waals surface area contributed by atoms with Gasteiger partial charge >= 0.3 is 11.9 Å². The molecule has 0 fully saturated rings. The van der Waals surface area contributed by atoms with E-state index in [1.54, 1.807) is 45.0 Å². The molecule has 1 unspecified atom stereocenters. The average molecular weight is 357 g/mol. The van der Waals surface area contributed by atoms with Crippen molar-refractivity contribution in [3.63, 3.8) is 0 Å². The second-order valence-corrected chi connectivity index (χ2v) is 7.20. The third-order valence-electron chi connectivity index (χ3n) is 3.31. The number of rotatable bonds is 3. The van der Waals surface area contributed by atoms with Crippen LogP contribution >= 0.6 is 23.2 Å². The molecule has 1 aliphatic heterocycles. The fourth-order valence-electron chi connectivity index (χ4n) is 2.01. The third kappa shape index (κ3) is 4.49. The van der Waals surface area contributed by atoms with E-state index < -0.39 is 17.5 Å². The lowest BCUT2D eigenvalue weighted by atomic mass is 9.97. The predicted molar refractivity (Wildman–Crippen MR) is 89.4 cm³/mol. The Hall–Kier alpha value is -1.52. The molecule has 0 radical (unpaired) electrons. The van der Waals surface area contributed by atoms with Gasteiger partial charge < -0.3 is 9.47 Å². The van der Waals surface area contributed by atoms with Crippen LogP contribution in [0.25, 0.3) is 5.57 Å². The van der Waals surface area contributed by atoms with Crippen molar-refractivity contribution in [2.45, 2.75) is 33.3 Å². The number of benzene rings is 1. The number of halogens is 2. The van der Waals surface area contributed by atoms with E-state index in [2.05, 4.69) is 0 Å². The Morgan fingerprint density at radius 3 is 2.61 bits per heavy atom. The lowest BCUT2D eigenvalue weighted by Crippen LogP contribution is -2.31. The molecule has 1 aromatic rings. The van der Waals surface area contributed by atoms with Crippen LogP contribution in [-0.4, -0.2) is 24.6 Å². The van der Waals surface area contributed by atoms with E-state index in [1.807, 2.05) is 0 Å². The summed E-state index contributed by atoms with van der Waals surface area (Å²) in [5.74, 6) is -0.818. The minimum absolute atomic E-state index is 0.0416. The van der Waals surface area contributed by atoms with Gasteiger partial charge in [0.1, 0.15) is 12.7 Å². The highest BCUT2D eigenvalue weighted by Gasteiger charge is 2.28. The molecule has 0 saturated heterocycles. The molecule has 1 atom stereocenters. The van der Waals surface area contributed by atoms with Gasteiger partial charge in [-0.15, -0.1) is 0 Å². The molecule has 0 spiro atoms. The first kappa shape index (κ1) is 17.8. The van der Waals surface area contributed by atoms with Gasteiger partial charge in [0.2, 0.25) is 0 Å². The highest BCUT2D eigenvalue weighted by Crippen LogP contribution is 2.31. The third-order valence-corrected chi connectivity index (χ3v) is 3.86. The van der Waals surface area contributed by atoms with Crippen LogP contribution in [0.2, 0.25) is 10.0 Å². The minimum atomic E-state index is -0.587. The maximum absolute atomic E-state index is 12.2. The fraction of sp³-hybridized carbons (Fsp3) is 0.412. The van der Waals surface area contributed by atoms with E-state index in [9.17, 15) is 9.59 Å². The van der Waals surface area contributed by atoms with Crippen LogP contribution in [0.3, 0.4) is 0 Å². The molecular formula is C17H18Cl2O4. The first-order valence-electron chi connectivity index (χ1n) is 7.22. The van der Waals surface area contributed by atoms with Gasteiger partial charge in [0.15, 0.2) is 0 Å². The molecule has 0 amide bonds. The van der Waals surface area contributed by atoms with E-state index in [4.69, 9.17) is 32.7 Å². The molecular weight excluding hydrogens is 339 g/mol. The molecule has 124 valence electrons. The summed E-state index contributed by atoms with van der Waals surface area (Å²) in [6.07, 6.45) is 1.72. The monoisotopic (exact) mass is 356 g/mol. The summed E-state index contributed by atoms with van der Waals surface area (Å²) in [7, 11) is 0. The maximum atomic E-state index is 12.2. The molecule has 1 heterocycles. The van der Waals surface area contributed by atoms with Crippen LogP contribution in [0.15, 0.2) is 24.3 Å². The summed E-state index contributed by atoms with van der Waals surface area (Å²) in [5, 5.41) is 0.883. The second-order valence-electron chi connectivity index (χ2n) is 6.35. The van der Waals surface area contributed by atoms with Crippen molar-refractivity contribution >= 4 is 40.7 Å². The van der Waals surface area contributed by atoms with Crippen molar-refractivity contribution in [2.24, 2.45) is 5.41 Å². The summed E-state index contributed by atoms with van der Waals surface area (Å²) in [6.45, 7) is 5.34. The Morgan fingerprint density at radius 2 is 2.04 bits per heavy atom. The minimum Gasteiger partial charge on any atom is -0.461 e. The van der Waals surface area contributed by atoms with E-state index in [0.717, 1.165) is 0 Å². The number of esters is 2. The molecule has 0 bridgehead atoms. The zero-order chi connectivity index (χ0) is 17.2. The molecule has 2 rings (SSSR count). The lowest BCUT2D eigenvalue weighted by Gasteiger charge is -2.24. The summed E-state index contributed by atoms with van der Waals surface area (Å²) in [4.78, 5) is 23.9. The van der Waals surface area contributed by atoms with Crippen molar-refractivity contribution in [2.75, 3.05) is 6.61 Å². The molecule has 23 heavy (non-hydrogen) atoms. The Balaban J connectivity index is 2.04. The lowest BCUT2D eigenvalue weighted by molar-refractivity contribution is -0.161. The smallest absolute Gasteiger partial charge is 0.338 e. The van der Waals surface area contributed by atoms with E-state index in [-0.39, 0.29) is 12.6 Å². The van der Waals surface area contributed by atoms with Gasteiger partial charge in [-0.1, -0.05) is 35.3 Å². The number of hydrogen-bond donors (Lipinski definition) is 0. The molecule has 6 heteroatoms. The highest BCUT2D eigenvalue weighted by atomic mass is 35.5. The van der Waals surface area contributed by atoms with Gasteiger partial charge in [-0.25, -0.2) is 4.79 Å². The average Bonchev–Trinajstić information content (AvgIpc) is 2.44. The largest absolute Gasteiger partial charge is 0.461 e. The van der Waals surface area contributed by atoms with Gasteiger partial charge in [-0.05, 0) is 32.9 Å². The quantitative estimate of drug-likeness (QED) is 0.758. The second kappa shape index (κ2) is 6.93. The Kier molecular flexibility index (Phi) is 5.37. The standard InChI is InChI=1S/C17H18Cl2O4/c1-17(2,3)16(21)22-9-11-5-7-13(15(20)23-11)12-6-4-10(18)8-14(12)19/h4,6-8,11H,5,9H2,1-3H3. The summed E-state index contributed by atoms with van der Waals surface area (Å²) >= 11 is 12.0. The molecule has 0 aliphatic carbocycles. The van der Waals surface area contributed by atoms with Crippen molar-refractivity contribution in [1.82, 2.24) is 0 Å². The fourth-order valence-corrected chi connectivity index (χ4v) is 2.52. The van der Waals surface area contributed by atoms with E-state index in [0.29, 0.717) is 27.6 Å². The molecule has 0 aromatic heterocycles. The molecule has 1 aromatic carbocycles. The topological polar surface area (TPSA) is 52.6 Å². The summed E-state index contributed by atoms with van der Waals surface area (Å²) < 4.78 is 10.5. The van der Waals surface area contributed by atoms with Gasteiger partial charge in [0.05, 0.1) is 16.0 Å². The first-order valence-corrected chi connectivity index (χ1v) is 7.98. The molecule has 0 N–H and O–H groups in total. The summed E-state index contributed by atoms with van der Waals surface area (Å²) in [5.41, 5.74) is 0.382. The SMILES string of the molecule is CC(C)(C)C(=O)OCC1CC=C(c2ccc(Cl)cc2Cl)C(=O)O1. The van der Waals surface area contributed by atoms with E-state index >= 15 is 0 Å². The van der Waals surface area contributed by atoms with Crippen LogP contribution in [0.4, 0.5) is 0 Å². The van der Waals surface area contributed by atoms with Crippen LogP contribution in [0.1, 0.15) is 32.8 Å². The maximum Gasteiger partial charge on any atom is 0.338 e. The molecule has 4 nitrogen and oxygen atoms in total. The van der Waals surface area contributed by atoms with Gasteiger partial charge in [0, 0.05) is 17.0 Å². The number of carbonyl (C=O) groups is 2. The van der Waals surface area contributed by atoms with Crippen molar-refractivity contribution in [3.05, 3.63) is 39.9 Å². The first-order chi connectivity index (χ1) is 10.7. The Morgan fingerprint density at radius 1 is 1.35 bits per heavy atom. The van der Waals surface area contributed by atoms with Gasteiger partial charge in [-0.2, -0.15) is 0 Å². The normalized spacial score (nSPS) is 18.2. The Labute approximate surface area is 145 Å². The zero-order valence-corrected chi connectivity index (χ0v) is 14.7. The van der Waals surface area contributed by atoms with Gasteiger partial charge in [-0.3, -0.25) is 4.79 Å². The Bertz CT molecular complexity index is 659. The van der Waals surface area contributed by atoms with Crippen molar-refractivity contribution in [3.8, 4) is 0 Å².